The highest BCUT2D eigenvalue weighted by molar-refractivity contribution is 5.37. The highest BCUT2D eigenvalue weighted by atomic mass is 15.2. The van der Waals surface area contributed by atoms with Crippen molar-refractivity contribution >= 4 is 5.82 Å². The van der Waals surface area contributed by atoms with Crippen LogP contribution in [-0.4, -0.2) is 36.1 Å². The lowest BCUT2D eigenvalue weighted by atomic mass is 9.98. The molecule has 0 spiro atoms. The van der Waals surface area contributed by atoms with E-state index in [1.807, 2.05) is 19.2 Å². The molecule has 1 aromatic heterocycles. The molecule has 0 amide bonds. The molecule has 100 valence electrons. The highest BCUT2D eigenvalue weighted by Gasteiger charge is 2.20. The van der Waals surface area contributed by atoms with E-state index in [1.165, 1.54) is 19.3 Å². The Bertz CT molecular complexity index is 367. The third-order valence-electron chi connectivity index (χ3n) is 3.46. The van der Waals surface area contributed by atoms with Crippen molar-refractivity contribution in [3.8, 4) is 0 Å². The zero-order valence-electron chi connectivity index (χ0n) is 11.5. The minimum absolute atomic E-state index is 0.751. The summed E-state index contributed by atoms with van der Waals surface area (Å²) in [5.74, 6) is 2.70. The van der Waals surface area contributed by atoms with E-state index in [0.717, 1.165) is 43.7 Å². The lowest BCUT2D eigenvalue weighted by Gasteiger charge is -2.33. The Balaban J connectivity index is 1.90. The molecule has 2 heterocycles. The molecule has 0 saturated carbocycles. The standard InChI is InChI=1S/C14H24N4/c1-3-7-15-10-13-5-4-9-18(11-13)14-6-8-16-12(2)17-14/h6,8,13,15H,3-5,7,9-11H2,1-2H3. The van der Waals surface area contributed by atoms with Crippen LogP contribution < -0.4 is 10.2 Å². The van der Waals surface area contributed by atoms with Gasteiger partial charge in [-0.3, -0.25) is 0 Å². The average Bonchev–Trinajstić information content (AvgIpc) is 2.39. The predicted molar refractivity (Wildman–Crippen MR) is 74.9 cm³/mol. The van der Waals surface area contributed by atoms with Crippen molar-refractivity contribution in [3.05, 3.63) is 18.1 Å². The zero-order valence-corrected chi connectivity index (χ0v) is 11.5. The molecule has 0 radical (unpaired) electrons. The van der Waals surface area contributed by atoms with Crippen molar-refractivity contribution in [2.24, 2.45) is 5.92 Å². The maximum absolute atomic E-state index is 4.52. The van der Waals surface area contributed by atoms with Crippen molar-refractivity contribution in [2.45, 2.75) is 33.1 Å². The van der Waals surface area contributed by atoms with Crippen LogP contribution in [0.3, 0.4) is 0 Å². The van der Waals surface area contributed by atoms with Crippen LogP contribution in [0.5, 0.6) is 0 Å². The van der Waals surface area contributed by atoms with Gasteiger partial charge in [0, 0.05) is 19.3 Å². The second kappa shape index (κ2) is 6.69. The molecule has 0 aromatic carbocycles. The molecule has 1 aromatic rings. The zero-order chi connectivity index (χ0) is 12.8. The van der Waals surface area contributed by atoms with Gasteiger partial charge in [0.15, 0.2) is 0 Å². The second-order valence-electron chi connectivity index (χ2n) is 5.12. The molecule has 1 aliphatic heterocycles. The van der Waals surface area contributed by atoms with Crippen molar-refractivity contribution in [1.29, 1.82) is 0 Å². The summed E-state index contributed by atoms with van der Waals surface area (Å²) in [7, 11) is 0. The maximum Gasteiger partial charge on any atom is 0.132 e. The van der Waals surface area contributed by atoms with Gasteiger partial charge in [-0.05, 0) is 51.3 Å². The van der Waals surface area contributed by atoms with Gasteiger partial charge < -0.3 is 10.2 Å². The Kier molecular flexibility index (Phi) is 4.93. The van der Waals surface area contributed by atoms with Crippen molar-refractivity contribution < 1.29 is 0 Å². The van der Waals surface area contributed by atoms with Gasteiger partial charge in [0.05, 0.1) is 0 Å². The summed E-state index contributed by atoms with van der Waals surface area (Å²) in [4.78, 5) is 11.1. The van der Waals surface area contributed by atoms with Crippen LogP contribution in [0, 0.1) is 12.8 Å². The Labute approximate surface area is 110 Å². The Morgan fingerprint density at radius 2 is 2.39 bits per heavy atom. The first-order valence-electron chi connectivity index (χ1n) is 7.05. The monoisotopic (exact) mass is 248 g/mol. The van der Waals surface area contributed by atoms with Gasteiger partial charge in [0.2, 0.25) is 0 Å². The van der Waals surface area contributed by atoms with Crippen LogP contribution in [0.15, 0.2) is 12.3 Å². The van der Waals surface area contributed by atoms with E-state index in [1.54, 1.807) is 0 Å². The number of hydrogen-bond donors (Lipinski definition) is 1. The van der Waals surface area contributed by atoms with Gasteiger partial charge in [-0.1, -0.05) is 6.92 Å². The van der Waals surface area contributed by atoms with E-state index in [0.29, 0.717) is 0 Å². The molecule has 1 aliphatic rings. The largest absolute Gasteiger partial charge is 0.356 e. The average molecular weight is 248 g/mol. The number of piperidine rings is 1. The fraction of sp³-hybridized carbons (Fsp3) is 0.714. The number of nitrogens with one attached hydrogen (secondary N) is 1. The number of hydrogen-bond acceptors (Lipinski definition) is 4. The third kappa shape index (κ3) is 3.67. The topological polar surface area (TPSA) is 41.0 Å². The van der Waals surface area contributed by atoms with Crippen LogP contribution in [0.2, 0.25) is 0 Å². The molecule has 2 rings (SSSR count). The maximum atomic E-state index is 4.52. The molecule has 1 unspecified atom stereocenters. The molecule has 4 nitrogen and oxygen atoms in total. The fourth-order valence-corrected chi connectivity index (χ4v) is 2.54. The molecule has 4 heteroatoms. The molecular formula is C14H24N4. The molecule has 1 atom stereocenters. The van der Waals surface area contributed by atoms with Crippen molar-refractivity contribution in [2.75, 3.05) is 31.1 Å². The SMILES string of the molecule is CCCNCC1CCCN(c2ccnc(C)n2)C1. The predicted octanol–water partition coefficient (Wildman–Crippen LogP) is 2.00. The van der Waals surface area contributed by atoms with Gasteiger partial charge in [0.1, 0.15) is 11.6 Å². The van der Waals surface area contributed by atoms with E-state index in [4.69, 9.17) is 0 Å². The van der Waals surface area contributed by atoms with Crippen LogP contribution in [0.25, 0.3) is 0 Å². The van der Waals surface area contributed by atoms with Crippen molar-refractivity contribution in [1.82, 2.24) is 15.3 Å². The summed E-state index contributed by atoms with van der Waals surface area (Å²) < 4.78 is 0. The van der Waals surface area contributed by atoms with E-state index in [2.05, 4.69) is 27.1 Å². The van der Waals surface area contributed by atoms with E-state index in [-0.39, 0.29) is 0 Å². The molecule has 1 fully saturated rings. The van der Waals surface area contributed by atoms with Crippen molar-refractivity contribution in [3.63, 3.8) is 0 Å². The number of aromatic nitrogens is 2. The summed E-state index contributed by atoms with van der Waals surface area (Å²) >= 11 is 0. The third-order valence-corrected chi connectivity index (χ3v) is 3.46. The van der Waals surface area contributed by atoms with Crippen LogP contribution in [0.1, 0.15) is 32.0 Å². The fourth-order valence-electron chi connectivity index (χ4n) is 2.54. The summed E-state index contributed by atoms with van der Waals surface area (Å²) in [6.45, 7) is 8.67. The first kappa shape index (κ1) is 13.3. The molecule has 18 heavy (non-hydrogen) atoms. The molecule has 0 bridgehead atoms. The summed E-state index contributed by atoms with van der Waals surface area (Å²) in [5, 5.41) is 3.53. The summed E-state index contributed by atoms with van der Waals surface area (Å²) in [6, 6.07) is 2.02. The van der Waals surface area contributed by atoms with E-state index < -0.39 is 0 Å². The van der Waals surface area contributed by atoms with E-state index >= 15 is 0 Å². The van der Waals surface area contributed by atoms with E-state index in [9.17, 15) is 0 Å². The highest BCUT2D eigenvalue weighted by Crippen LogP contribution is 2.20. The summed E-state index contributed by atoms with van der Waals surface area (Å²) in [5.41, 5.74) is 0. The first-order valence-corrected chi connectivity index (χ1v) is 7.05. The van der Waals surface area contributed by atoms with Gasteiger partial charge in [-0.2, -0.15) is 0 Å². The summed E-state index contributed by atoms with van der Waals surface area (Å²) in [6.07, 6.45) is 5.66. The number of anilines is 1. The molecule has 0 aliphatic carbocycles. The van der Waals surface area contributed by atoms with Gasteiger partial charge >= 0.3 is 0 Å². The molecular weight excluding hydrogens is 224 g/mol. The minimum Gasteiger partial charge on any atom is -0.356 e. The lowest BCUT2D eigenvalue weighted by molar-refractivity contribution is 0.391. The van der Waals surface area contributed by atoms with Gasteiger partial charge in [-0.25, -0.2) is 9.97 Å². The van der Waals surface area contributed by atoms with Crippen LogP contribution in [-0.2, 0) is 0 Å². The first-order chi connectivity index (χ1) is 8.79. The smallest absolute Gasteiger partial charge is 0.132 e. The Morgan fingerprint density at radius 1 is 1.50 bits per heavy atom. The quantitative estimate of drug-likeness (QED) is 0.809. The second-order valence-corrected chi connectivity index (χ2v) is 5.12. The minimum atomic E-state index is 0.751. The van der Waals surface area contributed by atoms with Crippen LogP contribution >= 0.6 is 0 Å². The number of aryl methyl sites for hydroxylation is 1. The van der Waals surface area contributed by atoms with Crippen LogP contribution in [0.4, 0.5) is 5.82 Å². The Hall–Kier alpha value is -1.16. The van der Waals surface area contributed by atoms with Gasteiger partial charge in [-0.15, -0.1) is 0 Å². The number of nitrogens with zero attached hydrogens (tertiary/aromatic N) is 3. The van der Waals surface area contributed by atoms with Gasteiger partial charge in [0.25, 0.3) is 0 Å². The Morgan fingerprint density at radius 3 is 3.17 bits per heavy atom. The molecule has 1 N–H and O–H groups in total. The molecule has 1 saturated heterocycles. The lowest BCUT2D eigenvalue weighted by Crippen LogP contribution is -2.40. The number of rotatable bonds is 5. The normalized spacial score (nSPS) is 20.1.